The first-order chi connectivity index (χ1) is 12.2. The van der Waals surface area contributed by atoms with Crippen LogP contribution in [0.1, 0.15) is 43.4 Å². The Bertz CT molecular complexity index is 932. The molecule has 3 aromatic rings. The molecule has 0 fully saturated rings. The molecule has 2 nitrogen and oxygen atoms in total. The van der Waals surface area contributed by atoms with E-state index in [-0.39, 0.29) is 0 Å². The van der Waals surface area contributed by atoms with Crippen LogP contribution in [0.2, 0.25) is 0 Å². The highest BCUT2D eigenvalue weighted by molar-refractivity contribution is 5.89. The molecule has 2 heterocycles. The Kier molecular flexibility index (Phi) is 4.12. The second-order valence-corrected chi connectivity index (χ2v) is 6.98. The number of hydrogen-bond donors (Lipinski definition) is 0. The molecule has 0 saturated heterocycles. The van der Waals surface area contributed by atoms with Crippen LogP contribution >= 0.6 is 0 Å². The van der Waals surface area contributed by atoms with Crippen LogP contribution in [0.5, 0.6) is 0 Å². The number of benzene rings is 2. The van der Waals surface area contributed by atoms with Crippen molar-refractivity contribution >= 4 is 22.3 Å². The monoisotopic (exact) mass is 330 g/mol. The molecule has 0 saturated carbocycles. The number of aryl methyl sites for hydroxylation is 2. The van der Waals surface area contributed by atoms with Gasteiger partial charge in [-0.15, -0.1) is 0 Å². The van der Waals surface area contributed by atoms with Crippen molar-refractivity contribution < 1.29 is 0 Å². The minimum absolute atomic E-state index is 0.916. The van der Waals surface area contributed by atoms with E-state index < -0.39 is 0 Å². The van der Waals surface area contributed by atoms with Gasteiger partial charge in [-0.05, 0) is 53.6 Å². The number of fused-ring (bicyclic) bond motifs is 2. The molecule has 1 aliphatic rings. The molecule has 1 aromatic heterocycles. The fourth-order valence-corrected chi connectivity index (χ4v) is 3.77. The molecule has 0 spiro atoms. The average Bonchev–Trinajstić information content (AvgIpc) is 3.20. The third kappa shape index (κ3) is 2.76. The lowest BCUT2D eigenvalue weighted by Gasteiger charge is -2.20. The Balaban J connectivity index is 1.69. The standard InChI is InChI=1S/C23H26N2/c1-4-6-12-24-13-11-19-9-10-21(15-23(19)24)25-16-20-8-7-18(5-2)14-22(20)17(25)3/h7-11,13-15H,3-6,12,16H2,1-2H3. The van der Waals surface area contributed by atoms with Gasteiger partial charge in [-0.25, -0.2) is 0 Å². The molecule has 0 bridgehead atoms. The molecular weight excluding hydrogens is 304 g/mol. The van der Waals surface area contributed by atoms with Gasteiger partial charge in [0.15, 0.2) is 0 Å². The summed E-state index contributed by atoms with van der Waals surface area (Å²) in [7, 11) is 0. The number of anilines is 1. The zero-order chi connectivity index (χ0) is 17.4. The van der Waals surface area contributed by atoms with E-state index in [4.69, 9.17) is 0 Å². The van der Waals surface area contributed by atoms with Crippen molar-refractivity contribution in [2.45, 2.75) is 46.2 Å². The molecule has 0 N–H and O–H groups in total. The van der Waals surface area contributed by atoms with Gasteiger partial charge in [-0.3, -0.25) is 0 Å². The van der Waals surface area contributed by atoms with Crippen LogP contribution in [0.4, 0.5) is 5.69 Å². The number of nitrogens with zero attached hydrogens (tertiary/aromatic N) is 2. The van der Waals surface area contributed by atoms with Gasteiger partial charge < -0.3 is 9.47 Å². The maximum absolute atomic E-state index is 4.39. The summed E-state index contributed by atoms with van der Waals surface area (Å²) in [6, 6.07) is 15.8. The molecule has 25 heavy (non-hydrogen) atoms. The summed E-state index contributed by atoms with van der Waals surface area (Å²) in [6.45, 7) is 10.8. The van der Waals surface area contributed by atoms with Crippen LogP contribution in [0.25, 0.3) is 16.6 Å². The summed E-state index contributed by atoms with van der Waals surface area (Å²) < 4.78 is 2.38. The quantitative estimate of drug-likeness (QED) is 0.557. The lowest BCUT2D eigenvalue weighted by Crippen LogP contribution is -2.13. The van der Waals surface area contributed by atoms with Crippen molar-refractivity contribution in [3.8, 4) is 0 Å². The fourth-order valence-electron chi connectivity index (χ4n) is 3.77. The molecule has 1 aliphatic heterocycles. The van der Waals surface area contributed by atoms with Gasteiger partial charge in [-0.2, -0.15) is 0 Å². The predicted octanol–water partition coefficient (Wildman–Crippen LogP) is 5.99. The Morgan fingerprint density at radius 3 is 2.72 bits per heavy atom. The molecule has 2 aromatic carbocycles. The third-order valence-electron chi connectivity index (χ3n) is 5.37. The Hall–Kier alpha value is -2.48. The topological polar surface area (TPSA) is 8.17 Å². The summed E-state index contributed by atoms with van der Waals surface area (Å²) >= 11 is 0. The summed E-state index contributed by atoms with van der Waals surface area (Å²) in [6.07, 6.45) is 5.72. The van der Waals surface area contributed by atoms with Crippen molar-refractivity contribution in [3.63, 3.8) is 0 Å². The van der Waals surface area contributed by atoms with E-state index in [1.54, 1.807) is 0 Å². The van der Waals surface area contributed by atoms with Crippen molar-refractivity contribution in [1.29, 1.82) is 0 Å². The highest BCUT2D eigenvalue weighted by atomic mass is 15.2. The highest BCUT2D eigenvalue weighted by Crippen LogP contribution is 2.37. The van der Waals surface area contributed by atoms with E-state index in [1.807, 2.05) is 0 Å². The van der Waals surface area contributed by atoms with E-state index >= 15 is 0 Å². The van der Waals surface area contributed by atoms with Crippen LogP contribution in [-0.2, 0) is 19.5 Å². The Labute approximate surface area is 150 Å². The summed E-state index contributed by atoms with van der Waals surface area (Å²) in [5, 5.41) is 1.32. The van der Waals surface area contributed by atoms with Gasteiger partial charge in [0.1, 0.15) is 0 Å². The smallest absolute Gasteiger partial charge is 0.0501 e. The second kappa shape index (κ2) is 6.44. The van der Waals surface area contributed by atoms with E-state index in [9.17, 15) is 0 Å². The highest BCUT2D eigenvalue weighted by Gasteiger charge is 2.24. The zero-order valence-corrected chi connectivity index (χ0v) is 15.3. The first-order valence-electron chi connectivity index (χ1n) is 9.38. The molecule has 0 amide bonds. The van der Waals surface area contributed by atoms with Crippen LogP contribution < -0.4 is 4.90 Å². The largest absolute Gasteiger partial charge is 0.347 e. The van der Waals surface area contributed by atoms with E-state index in [0.29, 0.717) is 0 Å². The third-order valence-corrected chi connectivity index (χ3v) is 5.37. The van der Waals surface area contributed by atoms with Crippen LogP contribution in [0.15, 0.2) is 55.2 Å². The molecular formula is C23H26N2. The number of rotatable bonds is 5. The van der Waals surface area contributed by atoms with Gasteiger partial charge in [-0.1, -0.05) is 45.0 Å². The van der Waals surface area contributed by atoms with Crippen molar-refractivity contribution in [2.24, 2.45) is 0 Å². The van der Waals surface area contributed by atoms with E-state index in [1.165, 1.54) is 46.1 Å². The SMILES string of the molecule is C=C1c2cc(CC)ccc2CN1c1ccc2ccn(CCCC)c2c1. The van der Waals surface area contributed by atoms with Crippen LogP contribution in [-0.4, -0.2) is 4.57 Å². The van der Waals surface area contributed by atoms with Crippen molar-refractivity contribution in [3.05, 3.63) is 71.9 Å². The van der Waals surface area contributed by atoms with Crippen LogP contribution in [0, 0.1) is 0 Å². The van der Waals surface area contributed by atoms with Crippen LogP contribution in [0.3, 0.4) is 0 Å². The van der Waals surface area contributed by atoms with Gasteiger partial charge in [0.25, 0.3) is 0 Å². The maximum atomic E-state index is 4.39. The Morgan fingerprint density at radius 2 is 1.92 bits per heavy atom. The van der Waals surface area contributed by atoms with Crippen molar-refractivity contribution in [2.75, 3.05) is 4.90 Å². The minimum atomic E-state index is 0.916. The average molecular weight is 330 g/mol. The maximum Gasteiger partial charge on any atom is 0.0501 e. The van der Waals surface area contributed by atoms with Gasteiger partial charge in [0.05, 0.1) is 5.52 Å². The lowest BCUT2D eigenvalue weighted by molar-refractivity contribution is 0.650. The number of aromatic nitrogens is 1. The van der Waals surface area contributed by atoms with Gasteiger partial charge in [0.2, 0.25) is 0 Å². The molecule has 0 atom stereocenters. The molecule has 2 heteroatoms. The first kappa shape index (κ1) is 16.0. The first-order valence-corrected chi connectivity index (χ1v) is 9.38. The van der Waals surface area contributed by atoms with E-state index in [2.05, 4.69) is 78.6 Å². The van der Waals surface area contributed by atoms with Gasteiger partial charge in [0, 0.05) is 36.2 Å². The summed E-state index contributed by atoms with van der Waals surface area (Å²) in [5.74, 6) is 0. The molecule has 0 aliphatic carbocycles. The lowest BCUT2D eigenvalue weighted by atomic mass is 10.0. The molecule has 0 unspecified atom stereocenters. The molecule has 0 radical (unpaired) electrons. The molecule has 128 valence electrons. The zero-order valence-electron chi connectivity index (χ0n) is 15.3. The van der Waals surface area contributed by atoms with E-state index in [0.717, 1.165) is 25.2 Å². The fraction of sp³-hybridized carbons (Fsp3) is 0.304. The van der Waals surface area contributed by atoms with Gasteiger partial charge >= 0.3 is 0 Å². The van der Waals surface area contributed by atoms with Crippen molar-refractivity contribution in [1.82, 2.24) is 4.57 Å². The summed E-state index contributed by atoms with van der Waals surface area (Å²) in [4.78, 5) is 2.35. The Morgan fingerprint density at radius 1 is 1.04 bits per heavy atom. The normalized spacial score (nSPS) is 13.7. The predicted molar refractivity (Wildman–Crippen MR) is 108 cm³/mol. The molecule has 4 rings (SSSR count). The number of unbranched alkanes of at least 4 members (excludes halogenated alkanes) is 1. The second-order valence-electron chi connectivity index (χ2n) is 6.98. The summed E-state index contributed by atoms with van der Waals surface area (Å²) in [5.41, 5.74) is 7.75. The minimum Gasteiger partial charge on any atom is -0.347 e. The number of hydrogen-bond acceptors (Lipinski definition) is 1.